The van der Waals surface area contributed by atoms with Gasteiger partial charge in [0.15, 0.2) is 5.65 Å². The first kappa shape index (κ1) is 15.9. The number of hydrogen-bond acceptors (Lipinski definition) is 5. The summed E-state index contributed by atoms with van der Waals surface area (Å²) in [4.78, 5) is 33.4. The van der Waals surface area contributed by atoms with Crippen LogP contribution in [0.1, 0.15) is 18.1 Å². The summed E-state index contributed by atoms with van der Waals surface area (Å²) < 4.78 is 2.48. The van der Waals surface area contributed by atoms with E-state index in [1.54, 1.807) is 19.4 Å². The molecule has 0 bridgehead atoms. The van der Waals surface area contributed by atoms with Crippen LogP contribution in [0.3, 0.4) is 0 Å². The molecular formula is C17H19N5O2. The van der Waals surface area contributed by atoms with E-state index in [1.807, 2.05) is 26.0 Å². The third kappa shape index (κ3) is 2.47. The molecule has 24 heavy (non-hydrogen) atoms. The summed E-state index contributed by atoms with van der Waals surface area (Å²) in [5, 5.41) is 3.63. The van der Waals surface area contributed by atoms with Gasteiger partial charge in [0.2, 0.25) is 0 Å². The second kappa shape index (κ2) is 5.92. The molecule has 0 saturated heterocycles. The van der Waals surface area contributed by atoms with Crippen LogP contribution in [0.25, 0.3) is 11.0 Å². The predicted molar refractivity (Wildman–Crippen MR) is 93.9 cm³/mol. The summed E-state index contributed by atoms with van der Waals surface area (Å²) in [6.45, 7) is 3.96. The number of rotatable bonds is 3. The highest BCUT2D eigenvalue weighted by Gasteiger charge is 2.17. The van der Waals surface area contributed by atoms with Gasteiger partial charge in [-0.3, -0.25) is 13.9 Å². The number of aromatic nitrogens is 4. The molecule has 0 saturated carbocycles. The highest BCUT2D eigenvalue weighted by Crippen LogP contribution is 2.26. The van der Waals surface area contributed by atoms with Crippen molar-refractivity contribution in [1.29, 1.82) is 0 Å². The second-order valence-corrected chi connectivity index (χ2v) is 5.76. The van der Waals surface area contributed by atoms with E-state index in [0.29, 0.717) is 29.0 Å². The Balaban J connectivity index is 2.36. The maximum atomic E-state index is 12.7. The molecule has 0 aromatic carbocycles. The SMILES string of the molecule is CCc1cnc2c(c1Nc1cc(C)ccn1)c(=O)n(C)c(=O)n2C. The van der Waals surface area contributed by atoms with Gasteiger partial charge in [0.05, 0.1) is 5.69 Å². The minimum atomic E-state index is -0.399. The number of anilines is 2. The van der Waals surface area contributed by atoms with Crippen LogP contribution in [0.2, 0.25) is 0 Å². The third-order valence-electron chi connectivity index (χ3n) is 4.10. The van der Waals surface area contributed by atoms with Crippen LogP contribution in [0, 0.1) is 6.92 Å². The van der Waals surface area contributed by atoms with E-state index in [4.69, 9.17) is 0 Å². The van der Waals surface area contributed by atoms with E-state index in [9.17, 15) is 9.59 Å². The number of aryl methyl sites for hydroxylation is 3. The van der Waals surface area contributed by atoms with Crippen LogP contribution in [-0.2, 0) is 20.5 Å². The Morgan fingerprint density at radius 3 is 2.58 bits per heavy atom. The maximum absolute atomic E-state index is 12.7. The molecule has 3 heterocycles. The molecule has 124 valence electrons. The zero-order chi connectivity index (χ0) is 17.4. The zero-order valence-corrected chi connectivity index (χ0v) is 14.1. The fraction of sp³-hybridized carbons (Fsp3) is 0.294. The van der Waals surface area contributed by atoms with E-state index >= 15 is 0 Å². The third-order valence-corrected chi connectivity index (χ3v) is 4.10. The minimum absolute atomic E-state index is 0.357. The monoisotopic (exact) mass is 325 g/mol. The van der Waals surface area contributed by atoms with E-state index in [2.05, 4.69) is 15.3 Å². The molecule has 0 fully saturated rings. The fourth-order valence-electron chi connectivity index (χ4n) is 2.71. The molecule has 0 aliphatic heterocycles. The molecule has 7 heteroatoms. The Morgan fingerprint density at radius 2 is 1.92 bits per heavy atom. The summed E-state index contributed by atoms with van der Waals surface area (Å²) >= 11 is 0. The molecule has 1 N–H and O–H groups in total. The van der Waals surface area contributed by atoms with Crippen LogP contribution in [0.5, 0.6) is 0 Å². The van der Waals surface area contributed by atoms with Crippen molar-refractivity contribution in [3.05, 3.63) is 56.5 Å². The molecule has 0 radical (unpaired) electrons. The van der Waals surface area contributed by atoms with Crippen LogP contribution >= 0.6 is 0 Å². The molecule has 3 aromatic heterocycles. The highest BCUT2D eigenvalue weighted by atomic mass is 16.2. The molecule has 3 aromatic rings. The van der Waals surface area contributed by atoms with Gasteiger partial charge in [-0.25, -0.2) is 14.8 Å². The average Bonchev–Trinajstić information content (AvgIpc) is 2.57. The van der Waals surface area contributed by atoms with Gasteiger partial charge in [0.1, 0.15) is 11.2 Å². The van der Waals surface area contributed by atoms with Crippen LogP contribution in [-0.4, -0.2) is 19.1 Å². The van der Waals surface area contributed by atoms with Crippen molar-refractivity contribution in [2.24, 2.45) is 14.1 Å². The van der Waals surface area contributed by atoms with Crippen LogP contribution in [0.15, 0.2) is 34.1 Å². The number of nitrogens with one attached hydrogen (secondary N) is 1. The Morgan fingerprint density at radius 1 is 1.17 bits per heavy atom. The number of pyridine rings is 2. The van der Waals surface area contributed by atoms with Crippen molar-refractivity contribution in [2.45, 2.75) is 20.3 Å². The molecule has 0 aliphatic rings. The first-order chi connectivity index (χ1) is 11.4. The van der Waals surface area contributed by atoms with E-state index in [0.717, 1.165) is 15.7 Å². The Hall–Kier alpha value is -2.96. The van der Waals surface area contributed by atoms with Crippen molar-refractivity contribution in [1.82, 2.24) is 19.1 Å². The lowest BCUT2D eigenvalue weighted by molar-refractivity contribution is 0.707. The first-order valence-corrected chi connectivity index (χ1v) is 7.71. The largest absolute Gasteiger partial charge is 0.339 e. The standard InChI is InChI=1S/C17H19N5O2/c1-5-11-9-19-15-13(16(23)22(4)17(24)21(15)3)14(11)20-12-8-10(2)6-7-18-12/h6-9H,5H2,1-4H3,(H,18,19,20). The van der Waals surface area contributed by atoms with Gasteiger partial charge in [0, 0.05) is 26.5 Å². The maximum Gasteiger partial charge on any atom is 0.332 e. The number of nitrogens with zero attached hydrogens (tertiary/aromatic N) is 4. The molecule has 3 rings (SSSR count). The van der Waals surface area contributed by atoms with E-state index in [-0.39, 0.29) is 5.56 Å². The van der Waals surface area contributed by atoms with Crippen molar-refractivity contribution >= 4 is 22.5 Å². The lowest BCUT2D eigenvalue weighted by Crippen LogP contribution is -2.37. The van der Waals surface area contributed by atoms with Gasteiger partial charge in [-0.2, -0.15) is 0 Å². The molecule has 0 unspecified atom stereocenters. The smallest absolute Gasteiger partial charge is 0.332 e. The summed E-state index contributed by atoms with van der Waals surface area (Å²) in [6, 6.07) is 3.80. The molecule has 0 amide bonds. The van der Waals surface area contributed by atoms with Gasteiger partial charge < -0.3 is 5.32 Å². The average molecular weight is 325 g/mol. The summed E-state index contributed by atoms with van der Waals surface area (Å²) in [5.74, 6) is 0.646. The normalized spacial score (nSPS) is 11.0. The van der Waals surface area contributed by atoms with E-state index in [1.165, 1.54) is 11.6 Å². The van der Waals surface area contributed by atoms with Gasteiger partial charge in [0.25, 0.3) is 5.56 Å². The second-order valence-electron chi connectivity index (χ2n) is 5.76. The predicted octanol–water partition coefficient (Wildman–Crippen LogP) is 1.64. The molecule has 0 aliphatic carbocycles. The van der Waals surface area contributed by atoms with Gasteiger partial charge in [-0.15, -0.1) is 0 Å². The van der Waals surface area contributed by atoms with Crippen molar-refractivity contribution in [3.8, 4) is 0 Å². The Labute approximate surface area is 138 Å². The summed E-state index contributed by atoms with van der Waals surface area (Å²) in [6.07, 6.45) is 4.10. The molecular weight excluding hydrogens is 306 g/mol. The number of fused-ring (bicyclic) bond motifs is 1. The highest BCUT2D eigenvalue weighted by molar-refractivity contribution is 5.91. The van der Waals surface area contributed by atoms with Crippen LogP contribution in [0.4, 0.5) is 11.5 Å². The lowest BCUT2D eigenvalue weighted by Gasteiger charge is -2.15. The first-order valence-electron chi connectivity index (χ1n) is 7.71. The van der Waals surface area contributed by atoms with Crippen molar-refractivity contribution < 1.29 is 0 Å². The Bertz CT molecular complexity index is 1050. The Kier molecular flexibility index (Phi) is 3.92. The van der Waals surface area contributed by atoms with E-state index < -0.39 is 5.69 Å². The van der Waals surface area contributed by atoms with Gasteiger partial charge >= 0.3 is 5.69 Å². The minimum Gasteiger partial charge on any atom is -0.339 e. The molecule has 7 nitrogen and oxygen atoms in total. The van der Waals surface area contributed by atoms with Gasteiger partial charge in [-0.1, -0.05) is 6.92 Å². The number of hydrogen-bond donors (Lipinski definition) is 1. The fourth-order valence-corrected chi connectivity index (χ4v) is 2.71. The molecule has 0 spiro atoms. The van der Waals surface area contributed by atoms with Crippen molar-refractivity contribution in [2.75, 3.05) is 5.32 Å². The van der Waals surface area contributed by atoms with Crippen molar-refractivity contribution in [3.63, 3.8) is 0 Å². The zero-order valence-electron chi connectivity index (χ0n) is 14.1. The topological polar surface area (TPSA) is 81.8 Å². The lowest BCUT2D eigenvalue weighted by atomic mass is 10.1. The van der Waals surface area contributed by atoms with Crippen LogP contribution < -0.4 is 16.6 Å². The molecule has 0 atom stereocenters. The summed E-state index contributed by atoms with van der Waals surface area (Å²) in [7, 11) is 3.08. The summed E-state index contributed by atoms with van der Waals surface area (Å²) in [5.41, 5.74) is 2.19. The van der Waals surface area contributed by atoms with Gasteiger partial charge in [-0.05, 0) is 36.6 Å². The quantitative estimate of drug-likeness (QED) is 0.792.